The summed E-state index contributed by atoms with van der Waals surface area (Å²) in [6.45, 7) is 1.86. The molecule has 96 valence electrons. The fraction of sp³-hybridized carbons (Fsp3) is 0.0714. The van der Waals surface area contributed by atoms with Crippen LogP contribution in [0.5, 0.6) is 0 Å². The van der Waals surface area contributed by atoms with Gasteiger partial charge in [-0.3, -0.25) is 4.57 Å². The SMILES string of the molecule is Cc1ccc(F)c(-n2c(N)nc3cc(F)ccc32)c1. The molecule has 2 aromatic carbocycles. The van der Waals surface area contributed by atoms with Crippen LogP contribution in [0.25, 0.3) is 16.7 Å². The quantitative estimate of drug-likeness (QED) is 0.729. The topological polar surface area (TPSA) is 43.8 Å². The Labute approximate surface area is 108 Å². The van der Waals surface area contributed by atoms with Crippen molar-refractivity contribution in [3.63, 3.8) is 0 Å². The average molecular weight is 259 g/mol. The molecule has 3 aromatic rings. The molecule has 1 aromatic heterocycles. The number of rotatable bonds is 1. The van der Waals surface area contributed by atoms with Crippen molar-refractivity contribution in [2.24, 2.45) is 0 Å². The summed E-state index contributed by atoms with van der Waals surface area (Å²) in [5.41, 5.74) is 8.01. The Morgan fingerprint density at radius 3 is 2.68 bits per heavy atom. The zero-order valence-electron chi connectivity index (χ0n) is 10.2. The first-order chi connectivity index (χ1) is 9.06. The van der Waals surface area contributed by atoms with Crippen LogP contribution in [0.15, 0.2) is 36.4 Å². The van der Waals surface area contributed by atoms with Gasteiger partial charge < -0.3 is 5.73 Å². The van der Waals surface area contributed by atoms with Crippen molar-refractivity contribution < 1.29 is 8.78 Å². The van der Waals surface area contributed by atoms with Gasteiger partial charge in [0.2, 0.25) is 5.95 Å². The lowest BCUT2D eigenvalue weighted by Crippen LogP contribution is -2.03. The van der Waals surface area contributed by atoms with Gasteiger partial charge in [-0.05, 0) is 36.8 Å². The van der Waals surface area contributed by atoms with E-state index < -0.39 is 11.6 Å². The predicted molar refractivity (Wildman–Crippen MR) is 70.1 cm³/mol. The number of halogens is 2. The van der Waals surface area contributed by atoms with Crippen molar-refractivity contribution in [3.8, 4) is 5.69 Å². The summed E-state index contributed by atoms with van der Waals surface area (Å²) >= 11 is 0. The highest BCUT2D eigenvalue weighted by atomic mass is 19.1. The van der Waals surface area contributed by atoms with Crippen LogP contribution in [0.2, 0.25) is 0 Å². The van der Waals surface area contributed by atoms with Crippen LogP contribution in [0.3, 0.4) is 0 Å². The molecule has 0 aliphatic rings. The monoisotopic (exact) mass is 259 g/mol. The Morgan fingerprint density at radius 2 is 1.89 bits per heavy atom. The first-order valence-corrected chi connectivity index (χ1v) is 5.76. The Kier molecular flexibility index (Phi) is 2.48. The largest absolute Gasteiger partial charge is 0.369 e. The smallest absolute Gasteiger partial charge is 0.206 e. The number of fused-ring (bicyclic) bond motifs is 1. The number of hydrogen-bond donors (Lipinski definition) is 1. The van der Waals surface area contributed by atoms with Crippen LogP contribution >= 0.6 is 0 Å². The number of benzene rings is 2. The van der Waals surface area contributed by atoms with E-state index in [4.69, 9.17) is 5.73 Å². The minimum Gasteiger partial charge on any atom is -0.369 e. The van der Waals surface area contributed by atoms with Crippen LogP contribution in [0.1, 0.15) is 5.56 Å². The van der Waals surface area contributed by atoms with Crippen LogP contribution in [0, 0.1) is 18.6 Å². The van der Waals surface area contributed by atoms with Crippen LogP contribution in [0.4, 0.5) is 14.7 Å². The number of nitrogens with two attached hydrogens (primary N) is 1. The molecular weight excluding hydrogens is 248 g/mol. The van der Waals surface area contributed by atoms with Crippen molar-refractivity contribution in [2.75, 3.05) is 5.73 Å². The lowest BCUT2D eigenvalue weighted by atomic mass is 10.2. The van der Waals surface area contributed by atoms with Gasteiger partial charge >= 0.3 is 0 Å². The third-order valence-corrected chi connectivity index (χ3v) is 2.99. The summed E-state index contributed by atoms with van der Waals surface area (Å²) in [4.78, 5) is 4.06. The normalized spacial score (nSPS) is 11.1. The second-order valence-corrected chi connectivity index (χ2v) is 4.39. The summed E-state index contributed by atoms with van der Waals surface area (Å²) in [7, 11) is 0. The molecule has 0 aliphatic heterocycles. The Hall–Kier alpha value is -2.43. The number of anilines is 1. The fourth-order valence-electron chi connectivity index (χ4n) is 2.12. The zero-order chi connectivity index (χ0) is 13.6. The maximum absolute atomic E-state index is 13.9. The fourth-order valence-corrected chi connectivity index (χ4v) is 2.12. The molecule has 19 heavy (non-hydrogen) atoms. The van der Waals surface area contributed by atoms with E-state index in [0.717, 1.165) is 5.56 Å². The van der Waals surface area contributed by atoms with Crippen LogP contribution in [-0.4, -0.2) is 9.55 Å². The Bertz CT molecular complexity index is 778. The molecule has 0 unspecified atom stereocenters. The van der Waals surface area contributed by atoms with E-state index in [1.165, 1.54) is 28.8 Å². The van der Waals surface area contributed by atoms with Gasteiger partial charge in [0.1, 0.15) is 11.6 Å². The molecular formula is C14H11F2N3. The van der Waals surface area contributed by atoms with Gasteiger partial charge in [-0.15, -0.1) is 0 Å². The summed E-state index contributed by atoms with van der Waals surface area (Å²) in [5, 5.41) is 0. The molecule has 0 spiro atoms. The molecule has 5 heteroatoms. The lowest BCUT2D eigenvalue weighted by Gasteiger charge is -2.08. The molecule has 0 saturated carbocycles. The van der Waals surface area contributed by atoms with Crippen LogP contribution in [-0.2, 0) is 0 Å². The molecule has 0 aliphatic carbocycles. The van der Waals surface area contributed by atoms with Gasteiger partial charge in [0.25, 0.3) is 0 Å². The average Bonchev–Trinajstić information content (AvgIpc) is 2.67. The molecule has 0 fully saturated rings. The predicted octanol–water partition coefficient (Wildman–Crippen LogP) is 3.19. The number of nitrogens with zero attached hydrogens (tertiary/aromatic N) is 2. The molecule has 0 radical (unpaired) electrons. The van der Waals surface area contributed by atoms with E-state index in [2.05, 4.69) is 4.98 Å². The highest BCUT2D eigenvalue weighted by Gasteiger charge is 2.14. The van der Waals surface area contributed by atoms with E-state index in [-0.39, 0.29) is 5.95 Å². The molecule has 1 heterocycles. The summed E-state index contributed by atoms with van der Waals surface area (Å²) in [6, 6.07) is 8.84. The molecule has 3 rings (SSSR count). The molecule has 2 N–H and O–H groups in total. The maximum Gasteiger partial charge on any atom is 0.206 e. The van der Waals surface area contributed by atoms with Gasteiger partial charge in [0.15, 0.2) is 0 Å². The molecule has 0 saturated heterocycles. The molecule has 3 nitrogen and oxygen atoms in total. The number of imidazole rings is 1. The van der Waals surface area contributed by atoms with Crippen molar-refractivity contribution >= 4 is 17.0 Å². The first-order valence-electron chi connectivity index (χ1n) is 5.76. The van der Waals surface area contributed by atoms with Crippen molar-refractivity contribution in [1.82, 2.24) is 9.55 Å². The van der Waals surface area contributed by atoms with Gasteiger partial charge in [-0.1, -0.05) is 6.07 Å². The highest BCUT2D eigenvalue weighted by molar-refractivity contribution is 5.81. The Balaban J connectivity index is 2.36. The van der Waals surface area contributed by atoms with E-state index in [9.17, 15) is 8.78 Å². The standard InChI is InChI=1S/C14H11F2N3/c1-8-2-4-10(16)13(6-8)19-12-5-3-9(15)7-11(12)18-14(19)17/h2-7H,1H3,(H2,17,18). The summed E-state index contributed by atoms with van der Waals surface area (Å²) < 4.78 is 28.6. The number of hydrogen-bond acceptors (Lipinski definition) is 2. The molecule has 0 atom stereocenters. The summed E-state index contributed by atoms with van der Waals surface area (Å²) in [5.74, 6) is -0.673. The van der Waals surface area contributed by atoms with Crippen LogP contribution < -0.4 is 5.73 Å². The minimum absolute atomic E-state index is 0.130. The van der Waals surface area contributed by atoms with Gasteiger partial charge in [-0.25, -0.2) is 13.8 Å². The van der Waals surface area contributed by atoms with Crippen molar-refractivity contribution in [1.29, 1.82) is 0 Å². The van der Waals surface area contributed by atoms with Gasteiger partial charge in [-0.2, -0.15) is 0 Å². The highest BCUT2D eigenvalue weighted by Crippen LogP contribution is 2.25. The van der Waals surface area contributed by atoms with E-state index >= 15 is 0 Å². The number of aryl methyl sites for hydroxylation is 1. The number of aromatic nitrogens is 2. The van der Waals surface area contributed by atoms with Gasteiger partial charge in [0.05, 0.1) is 16.7 Å². The molecule has 0 bridgehead atoms. The lowest BCUT2D eigenvalue weighted by molar-refractivity contribution is 0.619. The molecule has 0 amide bonds. The van der Waals surface area contributed by atoms with Crippen molar-refractivity contribution in [2.45, 2.75) is 6.92 Å². The second kappa shape index (κ2) is 4.05. The van der Waals surface area contributed by atoms with Crippen molar-refractivity contribution in [3.05, 3.63) is 53.6 Å². The second-order valence-electron chi connectivity index (χ2n) is 4.39. The first kappa shape index (κ1) is 11.6. The van der Waals surface area contributed by atoms with E-state index in [0.29, 0.717) is 16.7 Å². The third kappa shape index (κ3) is 1.83. The third-order valence-electron chi connectivity index (χ3n) is 2.99. The van der Waals surface area contributed by atoms with Gasteiger partial charge in [0, 0.05) is 6.07 Å². The Morgan fingerprint density at radius 1 is 1.11 bits per heavy atom. The summed E-state index contributed by atoms with van der Waals surface area (Å²) in [6.07, 6.45) is 0. The zero-order valence-corrected chi connectivity index (χ0v) is 10.2. The minimum atomic E-state index is -0.402. The maximum atomic E-state index is 13.9. The van der Waals surface area contributed by atoms with E-state index in [1.54, 1.807) is 12.1 Å². The van der Waals surface area contributed by atoms with E-state index in [1.807, 2.05) is 6.92 Å². The number of nitrogen functional groups attached to an aromatic ring is 1.